The van der Waals surface area contributed by atoms with Crippen LogP contribution in [0.4, 0.5) is 0 Å². The summed E-state index contributed by atoms with van der Waals surface area (Å²) in [7, 11) is 0. The summed E-state index contributed by atoms with van der Waals surface area (Å²) >= 11 is 5.95. The Morgan fingerprint density at radius 2 is 1.63 bits per heavy atom. The minimum absolute atomic E-state index is 0.0207. The normalized spacial score (nSPS) is 18.0. The smallest absolute Gasteiger partial charge is 0.237 e. The van der Waals surface area contributed by atoms with Crippen LogP contribution in [0, 0.1) is 0 Å². The molecule has 1 fully saturated rings. The number of hydrogen-bond donors (Lipinski definition) is 1. The monoisotopic (exact) mass is 385 g/mol. The lowest BCUT2D eigenvalue weighted by Gasteiger charge is -2.37. The number of piperazine rings is 1. The molecule has 0 aromatic heterocycles. The molecule has 1 aliphatic heterocycles. The number of carbonyl (C=O) groups excluding carboxylic acids is 1. The zero-order chi connectivity index (χ0) is 19.2. The maximum atomic E-state index is 12.7. The van der Waals surface area contributed by atoms with Gasteiger partial charge in [-0.25, -0.2) is 0 Å². The summed E-state index contributed by atoms with van der Waals surface area (Å²) in [5, 5.41) is 3.91. The van der Waals surface area contributed by atoms with Crippen molar-refractivity contribution in [3.05, 3.63) is 70.7 Å². The highest BCUT2D eigenvalue weighted by molar-refractivity contribution is 6.30. The standard InChI is InChI=1S/C22H28ClN3O/c1-17(20-6-4-3-5-7-20)24-22(27)18(2)26-14-12-25(13-15-26)16-19-8-10-21(23)11-9-19/h3-11,17-18H,12-16H2,1-2H3,(H,24,27)/t17-,18-/m0/s1. The second-order valence-electron chi connectivity index (χ2n) is 7.26. The van der Waals surface area contributed by atoms with Crippen LogP contribution in [-0.4, -0.2) is 47.9 Å². The molecule has 0 aliphatic carbocycles. The first-order valence-electron chi connectivity index (χ1n) is 9.59. The van der Waals surface area contributed by atoms with Gasteiger partial charge in [0.25, 0.3) is 0 Å². The summed E-state index contributed by atoms with van der Waals surface area (Å²) in [5.74, 6) is 0.0949. The molecule has 1 amide bonds. The predicted molar refractivity (Wildman–Crippen MR) is 111 cm³/mol. The fourth-order valence-electron chi connectivity index (χ4n) is 3.48. The van der Waals surface area contributed by atoms with E-state index in [2.05, 4.69) is 27.2 Å². The minimum atomic E-state index is -0.117. The zero-order valence-electron chi connectivity index (χ0n) is 16.1. The molecule has 1 aliphatic rings. The molecule has 1 N–H and O–H groups in total. The van der Waals surface area contributed by atoms with Crippen LogP contribution in [0.3, 0.4) is 0 Å². The number of carbonyl (C=O) groups is 1. The van der Waals surface area contributed by atoms with E-state index in [1.165, 1.54) is 5.56 Å². The molecular formula is C22H28ClN3O. The lowest BCUT2D eigenvalue weighted by atomic mass is 10.1. The second-order valence-corrected chi connectivity index (χ2v) is 7.69. The van der Waals surface area contributed by atoms with Gasteiger partial charge >= 0.3 is 0 Å². The maximum Gasteiger partial charge on any atom is 0.237 e. The Balaban J connectivity index is 1.46. The van der Waals surface area contributed by atoms with E-state index in [4.69, 9.17) is 11.6 Å². The van der Waals surface area contributed by atoms with Gasteiger partial charge in [0.05, 0.1) is 12.1 Å². The lowest BCUT2D eigenvalue weighted by Crippen LogP contribution is -2.53. The van der Waals surface area contributed by atoms with Crippen molar-refractivity contribution in [2.45, 2.75) is 32.5 Å². The van der Waals surface area contributed by atoms with Gasteiger partial charge in [0, 0.05) is 37.7 Å². The summed E-state index contributed by atoms with van der Waals surface area (Å²) in [5.41, 5.74) is 2.40. The van der Waals surface area contributed by atoms with E-state index >= 15 is 0 Å². The van der Waals surface area contributed by atoms with Crippen LogP contribution in [0.15, 0.2) is 54.6 Å². The Morgan fingerprint density at radius 1 is 1.00 bits per heavy atom. The molecule has 4 nitrogen and oxygen atoms in total. The quantitative estimate of drug-likeness (QED) is 0.823. The number of benzene rings is 2. The highest BCUT2D eigenvalue weighted by Gasteiger charge is 2.26. The molecule has 0 bridgehead atoms. The minimum Gasteiger partial charge on any atom is -0.348 e. The Labute approximate surface area is 167 Å². The van der Waals surface area contributed by atoms with Gasteiger partial charge in [0.1, 0.15) is 0 Å². The van der Waals surface area contributed by atoms with Crippen LogP contribution in [0.25, 0.3) is 0 Å². The van der Waals surface area contributed by atoms with E-state index < -0.39 is 0 Å². The number of nitrogens with zero attached hydrogens (tertiary/aromatic N) is 2. The molecule has 5 heteroatoms. The van der Waals surface area contributed by atoms with E-state index in [0.29, 0.717) is 0 Å². The summed E-state index contributed by atoms with van der Waals surface area (Å²) in [4.78, 5) is 17.3. The van der Waals surface area contributed by atoms with Crippen molar-refractivity contribution < 1.29 is 4.79 Å². The zero-order valence-corrected chi connectivity index (χ0v) is 16.8. The molecule has 0 radical (unpaired) electrons. The molecule has 0 spiro atoms. The van der Waals surface area contributed by atoms with Gasteiger partial charge in [-0.3, -0.25) is 14.6 Å². The Bertz CT molecular complexity index is 727. The summed E-state index contributed by atoms with van der Waals surface area (Å²) in [6.45, 7) is 8.70. The molecule has 144 valence electrons. The fourth-order valence-corrected chi connectivity index (χ4v) is 3.61. The first kappa shape index (κ1) is 19.9. The van der Waals surface area contributed by atoms with Crippen LogP contribution < -0.4 is 5.32 Å². The van der Waals surface area contributed by atoms with E-state index in [1.54, 1.807) is 0 Å². The number of halogens is 1. The maximum absolute atomic E-state index is 12.7. The third-order valence-electron chi connectivity index (χ3n) is 5.31. The molecule has 2 aromatic carbocycles. The summed E-state index contributed by atoms with van der Waals surface area (Å²) in [6.07, 6.45) is 0. The topological polar surface area (TPSA) is 35.6 Å². The lowest BCUT2D eigenvalue weighted by molar-refractivity contribution is -0.127. The number of hydrogen-bond acceptors (Lipinski definition) is 3. The first-order valence-corrected chi connectivity index (χ1v) is 9.97. The molecule has 1 saturated heterocycles. The molecule has 1 heterocycles. The number of rotatable bonds is 6. The molecule has 27 heavy (non-hydrogen) atoms. The third kappa shape index (κ3) is 5.55. The van der Waals surface area contributed by atoms with E-state index in [9.17, 15) is 4.79 Å². The fraction of sp³-hybridized carbons (Fsp3) is 0.409. The second kappa shape index (κ2) is 9.36. The van der Waals surface area contributed by atoms with Crippen LogP contribution in [-0.2, 0) is 11.3 Å². The predicted octanol–water partition coefficient (Wildman–Crippen LogP) is 3.72. The molecule has 3 rings (SSSR count). The van der Waals surface area contributed by atoms with Crippen LogP contribution in [0.2, 0.25) is 5.02 Å². The molecule has 0 unspecified atom stereocenters. The van der Waals surface area contributed by atoms with Crippen molar-refractivity contribution in [2.75, 3.05) is 26.2 Å². The SMILES string of the molecule is C[C@H](NC(=O)[C@H](C)N1CCN(Cc2ccc(Cl)cc2)CC1)c1ccccc1. The first-order chi connectivity index (χ1) is 13.0. The van der Waals surface area contributed by atoms with Gasteiger partial charge in [0.2, 0.25) is 5.91 Å². The van der Waals surface area contributed by atoms with Gasteiger partial charge in [-0.1, -0.05) is 54.1 Å². The average Bonchev–Trinajstić information content (AvgIpc) is 2.70. The van der Waals surface area contributed by atoms with E-state index in [0.717, 1.165) is 43.3 Å². The summed E-state index contributed by atoms with van der Waals surface area (Å²) in [6, 6.07) is 18.0. The average molecular weight is 386 g/mol. The molecule has 2 aromatic rings. The largest absolute Gasteiger partial charge is 0.348 e. The molecule has 0 saturated carbocycles. The van der Waals surface area contributed by atoms with Gasteiger partial charge in [-0.05, 0) is 37.1 Å². The van der Waals surface area contributed by atoms with Crippen LogP contribution in [0.1, 0.15) is 31.0 Å². The van der Waals surface area contributed by atoms with Crippen molar-refractivity contribution >= 4 is 17.5 Å². The van der Waals surface area contributed by atoms with E-state index in [-0.39, 0.29) is 18.0 Å². The van der Waals surface area contributed by atoms with Crippen molar-refractivity contribution in [1.29, 1.82) is 0 Å². The Morgan fingerprint density at radius 3 is 2.26 bits per heavy atom. The van der Waals surface area contributed by atoms with Crippen LogP contribution >= 0.6 is 11.6 Å². The van der Waals surface area contributed by atoms with Gasteiger partial charge in [-0.15, -0.1) is 0 Å². The highest BCUT2D eigenvalue weighted by Crippen LogP contribution is 2.15. The van der Waals surface area contributed by atoms with Crippen molar-refractivity contribution in [3.63, 3.8) is 0 Å². The number of nitrogens with one attached hydrogen (secondary N) is 1. The molecule has 2 atom stereocenters. The van der Waals surface area contributed by atoms with Gasteiger partial charge < -0.3 is 5.32 Å². The van der Waals surface area contributed by atoms with Crippen molar-refractivity contribution in [1.82, 2.24) is 15.1 Å². The van der Waals surface area contributed by atoms with Crippen molar-refractivity contribution in [2.24, 2.45) is 0 Å². The molecular weight excluding hydrogens is 358 g/mol. The van der Waals surface area contributed by atoms with Gasteiger partial charge in [0.15, 0.2) is 0 Å². The van der Waals surface area contributed by atoms with Gasteiger partial charge in [-0.2, -0.15) is 0 Å². The Hall–Kier alpha value is -1.88. The Kier molecular flexibility index (Phi) is 6.89. The van der Waals surface area contributed by atoms with Crippen LogP contribution in [0.5, 0.6) is 0 Å². The van der Waals surface area contributed by atoms with E-state index in [1.807, 2.05) is 56.3 Å². The third-order valence-corrected chi connectivity index (χ3v) is 5.56. The van der Waals surface area contributed by atoms with Crippen molar-refractivity contribution in [3.8, 4) is 0 Å². The summed E-state index contributed by atoms with van der Waals surface area (Å²) < 4.78 is 0. The highest BCUT2D eigenvalue weighted by atomic mass is 35.5. The number of amides is 1.